The molecule has 0 aromatic heterocycles. The fourth-order valence-corrected chi connectivity index (χ4v) is 1.57. The van der Waals surface area contributed by atoms with Gasteiger partial charge < -0.3 is 0 Å². The van der Waals surface area contributed by atoms with E-state index in [4.69, 9.17) is 0 Å². The molecule has 0 nitrogen and oxygen atoms in total. The van der Waals surface area contributed by atoms with Gasteiger partial charge in [-0.2, -0.15) is 0 Å². The standard InChI is InChI=1S/C9H18/c1-4-5-6-9(3)7-8(9)2/h8H,4-7H2,1-3H3/t8?,9-/m0/s1. The van der Waals surface area contributed by atoms with E-state index in [0.29, 0.717) is 0 Å². The van der Waals surface area contributed by atoms with E-state index in [0.717, 1.165) is 11.3 Å². The van der Waals surface area contributed by atoms with E-state index in [1.807, 2.05) is 0 Å². The van der Waals surface area contributed by atoms with Crippen LogP contribution in [0.5, 0.6) is 0 Å². The molecule has 0 amide bonds. The molecule has 0 radical (unpaired) electrons. The Bertz CT molecular complexity index is 96.2. The third kappa shape index (κ3) is 1.47. The quantitative estimate of drug-likeness (QED) is 0.544. The number of unbranched alkanes of at least 4 members (excludes halogenated alkanes) is 1. The maximum absolute atomic E-state index is 2.42. The third-order valence-corrected chi connectivity index (χ3v) is 2.90. The van der Waals surface area contributed by atoms with Crippen LogP contribution >= 0.6 is 0 Å². The topological polar surface area (TPSA) is 0 Å². The van der Waals surface area contributed by atoms with Crippen LogP contribution in [0.15, 0.2) is 0 Å². The highest BCUT2D eigenvalue weighted by Gasteiger charge is 2.45. The summed E-state index contributed by atoms with van der Waals surface area (Å²) < 4.78 is 0. The summed E-state index contributed by atoms with van der Waals surface area (Å²) in [5, 5.41) is 0. The highest BCUT2D eigenvalue weighted by atomic mass is 14.5. The molecule has 1 unspecified atom stereocenters. The average Bonchev–Trinajstić information content (AvgIpc) is 2.38. The van der Waals surface area contributed by atoms with Crippen LogP contribution in [0.25, 0.3) is 0 Å². The van der Waals surface area contributed by atoms with Crippen LogP contribution in [0, 0.1) is 11.3 Å². The lowest BCUT2D eigenvalue weighted by Crippen LogP contribution is -1.94. The predicted molar refractivity (Wildman–Crippen MR) is 41.4 cm³/mol. The first-order chi connectivity index (χ1) is 4.19. The summed E-state index contributed by atoms with van der Waals surface area (Å²) in [4.78, 5) is 0. The van der Waals surface area contributed by atoms with Gasteiger partial charge in [0, 0.05) is 0 Å². The van der Waals surface area contributed by atoms with Crippen LogP contribution < -0.4 is 0 Å². The highest BCUT2D eigenvalue weighted by molar-refractivity contribution is 4.95. The van der Waals surface area contributed by atoms with Crippen molar-refractivity contribution in [1.82, 2.24) is 0 Å². The maximum Gasteiger partial charge on any atom is -0.0297 e. The normalized spacial score (nSPS) is 41.0. The fourth-order valence-electron chi connectivity index (χ4n) is 1.57. The largest absolute Gasteiger partial charge is 0.0654 e. The molecule has 0 aromatic rings. The monoisotopic (exact) mass is 126 g/mol. The molecular formula is C9H18. The van der Waals surface area contributed by atoms with Crippen LogP contribution in [-0.2, 0) is 0 Å². The molecule has 9 heavy (non-hydrogen) atoms. The number of rotatable bonds is 3. The molecule has 0 saturated heterocycles. The molecule has 1 rings (SSSR count). The lowest BCUT2D eigenvalue weighted by molar-refractivity contribution is 0.453. The van der Waals surface area contributed by atoms with Crippen molar-refractivity contribution in [3.63, 3.8) is 0 Å². The van der Waals surface area contributed by atoms with Crippen molar-refractivity contribution in [2.45, 2.75) is 46.5 Å². The summed E-state index contributed by atoms with van der Waals surface area (Å²) in [6.45, 7) is 7.07. The van der Waals surface area contributed by atoms with Gasteiger partial charge in [-0.05, 0) is 24.2 Å². The highest BCUT2D eigenvalue weighted by Crippen LogP contribution is 2.55. The molecule has 0 heteroatoms. The zero-order chi connectivity index (χ0) is 6.91. The van der Waals surface area contributed by atoms with Gasteiger partial charge in [0.05, 0.1) is 0 Å². The van der Waals surface area contributed by atoms with Crippen molar-refractivity contribution >= 4 is 0 Å². The molecule has 0 heterocycles. The molecule has 0 aliphatic heterocycles. The van der Waals surface area contributed by atoms with Gasteiger partial charge in [-0.3, -0.25) is 0 Å². The molecule has 0 N–H and O–H groups in total. The Labute approximate surface area is 58.7 Å². The molecule has 0 aromatic carbocycles. The van der Waals surface area contributed by atoms with E-state index >= 15 is 0 Å². The van der Waals surface area contributed by atoms with E-state index in [1.165, 1.54) is 25.7 Å². The molecule has 1 aliphatic carbocycles. The van der Waals surface area contributed by atoms with Crippen molar-refractivity contribution < 1.29 is 0 Å². The molecular weight excluding hydrogens is 108 g/mol. The van der Waals surface area contributed by atoms with Gasteiger partial charge >= 0.3 is 0 Å². The minimum Gasteiger partial charge on any atom is -0.0654 e. The Morgan fingerprint density at radius 3 is 2.44 bits per heavy atom. The first-order valence-electron chi connectivity index (χ1n) is 4.19. The predicted octanol–water partition coefficient (Wildman–Crippen LogP) is 3.22. The van der Waals surface area contributed by atoms with Crippen molar-refractivity contribution in [2.24, 2.45) is 11.3 Å². The molecule has 0 bridgehead atoms. The second-order valence-electron chi connectivity index (χ2n) is 3.86. The zero-order valence-corrected chi connectivity index (χ0v) is 6.91. The number of hydrogen-bond donors (Lipinski definition) is 0. The summed E-state index contributed by atoms with van der Waals surface area (Å²) >= 11 is 0. The van der Waals surface area contributed by atoms with Gasteiger partial charge in [-0.1, -0.05) is 33.6 Å². The summed E-state index contributed by atoms with van der Waals surface area (Å²) in [6, 6.07) is 0. The first kappa shape index (κ1) is 7.11. The van der Waals surface area contributed by atoms with Crippen LogP contribution in [0.1, 0.15) is 46.5 Å². The summed E-state index contributed by atoms with van der Waals surface area (Å²) in [7, 11) is 0. The van der Waals surface area contributed by atoms with E-state index in [1.54, 1.807) is 0 Å². The van der Waals surface area contributed by atoms with Crippen LogP contribution in [0.3, 0.4) is 0 Å². The van der Waals surface area contributed by atoms with Crippen molar-refractivity contribution in [3.8, 4) is 0 Å². The Kier molecular flexibility index (Phi) is 1.83. The SMILES string of the molecule is CCCC[C@@]1(C)CC1C. The van der Waals surface area contributed by atoms with Crippen LogP contribution in [0.4, 0.5) is 0 Å². The Morgan fingerprint density at radius 2 is 2.11 bits per heavy atom. The fraction of sp³-hybridized carbons (Fsp3) is 1.00. The average molecular weight is 126 g/mol. The number of hydrogen-bond acceptors (Lipinski definition) is 0. The van der Waals surface area contributed by atoms with Gasteiger partial charge in [0.1, 0.15) is 0 Å². The minimum absolute atomic E-state index is 0.760. The maximum atomic E-state index is 2.42. The molecule has 2 atom stereocenters. The van der Waals surface area contributed by atoms with Gasteiger partial charge in [-0.25, -0.2) is 0 Å². The van der Waals surface area contributed by atoms with Gasteiger partial charge in [0.15, 0.2) is 0 Å². The molecule has 1 saturated carbocycles. The first-order valence-corrected chi connectivity index (χ1v) is 4.19. The third-order valence-electron chi connectivity index (χ3n) is 2.90. The van der Waals surface area contributed by atoms with Crippen molar-refractivity contribution in [1.29, 1.82) is 0 Å². The molecule has 1 fully saturated rings. The minimum atomic E-state index is 0.760. The van der Waals surface area contributed by atoms with Crippen LogP contribution in [-0.4, -0.2) is 0 Å². The second kappa shape index (κ2) is 2.32. The lowest BCUT2D eigenvalue weighted by atomic mass is 9.99. The van der Waals surface area contributed by atoms with E-state index in [-0.39, 0.29) is 0 Å². The summed E-state index contributed by atoms with van der Waals surface area (Å²) in [5.74, 6) is 1.02. The lowest BCUT2D eigenvalue weighted by Gasteiger charge is -2.06. The zero-order valence-electron chi connectivity index (χ0n) is 6.91. The van der Waals surface area contributed by atoms with E-state index in [9.17, 15) is 0 Å². The second-order valence-corrected chi connectivity index (χ2v) is 3.86. The Balaban J connectivity index is 2.13. The van der Waals surface area contributed by atoms with Gasteiger partial charge in [-0.15, -0.1) is 0 Å². The summed E-state index contributed by atoms with van der Waals surface area (Å²) in [6.07, 6.45) is 5.74. The van der Waals surface area contributed by atoms with Crippen LogP contribution in [0.2, 0.25) is 0 Å². The molecule has 1 aliphatic rings. The van der Waals surface area contributed by atoms with E-state index < -0.39 is 0 Å². The van der Waals surface area contributed by atoms with Gasteiger partial charge in [0.2, 0.25) is 0 Å². The molecule has 0 spiro atoms. The van der Waals surface area contributed by atoms with Crippen molar-refractivity contribution in [2.75, 3.05) is 0 Å². The Morgan fingerprint density at radius 1 is 1.56 bits per heavy atom. The van der Waals surface area contributed by atoms with Gasteiger partial charge in [0.25, 0.3) is 0 Å². The van der Waals surface area contributed by atoms with Crippen molar-refractivity contribution in [3.05, 3.63) is 0 Å². The summed E-state index contributed by atoms with van der Waals surface area (Å²) in [5.41, 5.74) is 0.760. The smallest absolute Gasteiger partial charge is 0.0297 e. The van der Waals surface area contributed by atoms with E-state index in [2.05, 4.69) is 20.8 Å². The molecule has 54 valence electrons. The Hall–Kier alpha value is 0.